The van der Waals surface area contributed by atoms with Gasteiger partial charge in [-0.3, -0.25) is 4.79 Å². The number of aromatic nitrogens is 1. The number of carboxylic acids is 1. The number of aryl methyl sites for hydroxylation is 1. The highest BCUT2D eigenvalue weighted by atomic mass is 32.2. The lowest BCUT2D eigenvalue weighted by Gasteiger charge is -2.34. The van der Waals surface area contributed by atoms with E-state index >= 15 is 0 Å². The van der Waals surface area contributed by atoms with Crippen LogP contribution in [0.1, 0.15) is 24.2 Å². The number of nitrogens with zero attached hydrogens (tertiary/aromatic N) is 3. The topological polar surface area (TPSA) is 116 Å². The Morgan fingerprint density at radius 2 is 1.90 bits per heavy atom. The van der Waals surface area contributed by atoms with Gasteiger partial charge < -0.3 is 14.5 Å². The Morgan fingerprint density at radius 1 is 1.24 bits per heavy atom. The van der Waals surface area contributed by atoms with E-state index in [4.69, 9.17) is 4.52 Å². The first-order valence-electron chi connectivity index (χ1n) is 9.51. The van der Waals surface area contributed by atoms with Gasteiger partial charge in [-0.1, -0.05) is 42.4 Å². The maximum atomic E-state index is 13.0. The van der Waals surface area contributed by atoms with Crippen LogP contribution in [-0.2, 0) is 15.0 Å². The van der Waals surface area contributed by atoms with Gasteiger partial charge in [0.25, 0.3) is 10.2 Å². The Bertz CT molecular complexity index is 1000. The zero-order chi connectivity index (χ0) is 20.8. The lowest BCUT2D eigenvalue weighted by atomic mass is 10.1. The molecule has 0 spiro atoms. The van der Waals surface area contributed by atoms with Gasteiger partial charge in [0.15, 0.2) is 5.82 Å². The zero-order valence-corrected chi connectivity index (χ0v) is 17.1. The first kappa shape index (κ1) is 19.9. The molecule has 1 aromatic heterocycles. The van der Waals surface area contributed by atoms with Crippen molar-refractivity contribution < 1.29 is 22.8 Å². The molecular weight excluding hydrogens is 396 g/mol. The molecule has 1 aromatic carbocycles. The molecule has 29 heavy (non-hydrogen) atoms. The van der Waals surface area contributed by atoms with Gasteiger partial charge in [0.05, 0.1) is 0 Å². The SMILES string of the molecule is Cc1cc(N2CCN(S(=O)(=O)N[C@@]3(C(=O)O)C(C)[C@H]3c3ccccc3)CC2)no1. The summed E-state index contributed by atoms with van der Waals surface area (Å²) in [6, 6.07) is 11.0. The van der Waals surface area contributed by atoms with Crippen LogP contribution in [0.5, 0.6) is 0 Å². The van der Waals surface area contributed by atoms with Crippen LogP contribution < -0.4 is 9.62 Å². The minimum absolute atomic E-state index is 0.237. The maximum absolute atomic E-state index is 13.0. The highest BCUT2D eigenvalue weighted by molar-refractivity contribution is 7.87. The molecule has 1 saturated heterocycles. The van der Waals surface area contributed by atoms with Crippen molar-refractivity contribution in [2.24, 2.45) is 5.92 Å². The normalized spacial score (nSPS) is 27.7. The molecule has 2 fully saturated rings. The van der Waals surface area contributed by atoms with Gasteiger partial charge in [-0.2, -0.15) is 17.4 Å². The number of rotatable bonds is 6. The molecule has 0 amide bonds. The molecule has 10 heteroatoms. The zero-order valence-electron chi connectivity index (χ0n) is 16.3. The summed E-state index contributed by atoms with van der Waals surface area (Å²) >= 11 is 0. The van der Waals surface area contributed by atoms with E-state index in [0.29, 0.717) is 24.7 Å². The number of nitrogens with one attached hydrogen (secondary N) is 1. The predicted molar refractivity (Wildman–Crippen MR) is 106 cm³/mol. The van der Waals surface area contributed by atoms with E-state index in [9.17, 15) is 18.3 Å². The van der Waals surface area contributed by atoms with Crippen molar-refractivity contribution >= 4 is 22.0 Å². The number of anilines is 1. The Balaban J connectivity index is 1.48. The Kier molecular flexibility index (Phi) is 4.88. The van der Waals surface area contributed by atoms with E-state index < -0.39 is 27.6 Å². The van der Waals surface area contributed by atoms with E-state index in [2.05, 4.69) is 9.88 Å². The number of piperazine rings is 1. The van der Waals surface area contributed by atoms with E-state index in [1.807, 2.05) is 35.2 Å². The van der Waals surface area contributed by atoms with Crippen molar-refractivity contribution in [1.82, 2.24) is 14.2 Å². The minimum Gasteiger partial charge on any atom is -0.480 e. The van der Waals surface area contributed by atoms with Crippen molar-refractivity contribution in [3.63, 3.8) is 0 Å². The maximum Gasteiger partial charge on any atom is 0.325 e. The third-order valence-corrected chi connectivity index (χ3v) is 7.57. The Labute approximate surface area is 169 Å². The van der Waals surface area contributed by atoms with Gasteiger partial charge in [-0.25, -0.2) is 0 Å². The second kappa shape index (κ2) is 7.12. The van der Waals surface area contributed by atoms with Crippen molar-refractivity contribution in [1.29, 1.82) is 0 Å². The average Bonchev–Trinajstić information content (AvgIpc) is 3.05. The molecule has 3 atom stereocenters. The van der Waals surface area contributed by atoms with Crippen molar-refractivity contribution in [2.75, 3.05) is 31.1 Å². The van der Waals surface area contributed by atoms with Crippen LogP contribution in [-0.4, -0.2) is 60.7 Å². The molecule has 1 saturated carbocycles. The molecule has 1 aliphatic heterocycles. The molecule has 2 aromatic rings. The van der Waals surface area contributed by atoms with Gasteiger partial charge in [0, 0.05) is 38.2 Å². The summed E-state index contributed by atoms with van der Waals surface area (Å²) in [5.74, 6) is -0.546. The molecule has 0 radical (unpaired) electrons. The fourth-order valence-corrected chi connectivity index (χ4v) is 5.84. The predicted octanol–water partition coefficient (Wildman–Crippen LogP) is 1.20. The Hall–Kier alpha value is -2.43. The number of carboxylic acid groups (broad SMARTS) is 1. The number of carbonyl (C=O) groups is 1. The standard InChI is InChI=1S/C19H24N4O5S/c1-13-12-16(20-28-13)22-8-10-23(11-9-22)29(26,27)21-19(18(24)25)14(2)17(19)15-6-4-3-5-7-15/h3-7,12,14,17,21H,8-11H2,1-2H3,(H,24,25)/t14?,17-,19-/m0/s1. The summed E-state index contributed by atoms with van der Waals surface area (Å²) < 4.78 is 34.9. The van der Waals surface area contributed by atoms with Gasteiger partial charge >= 0.3 is 5.97 Å². The van der Waals surface area contributed by atoms with Gasteiger partial charge in [-0.15, -0.1) is 0 Å². The van der Waals surface area contributed by atoms with Crippen molar-refractivity contribution in [3.05, 3.63) is 47.7 Å². The van der Waals surface area contributed by atoms with Gasteiger partial charge in [0.1, 0.15) is 11.3 Å². The number of hydrogen-bond acceptors (Lipinski definition) is 6. The first-order chi connectivity index (χ1) is 13.8. The molecule has 1 unspecified atom stereocenters. The average molecular weight is 420 g/mol. The van der Waals surface area contributed by atoms with Crippen LogP contribution in [0.25, 0.3) is 0 Å². The molecule has 2 heterocycles. The van der Waals surface area contributed by atoms with E-state index in [1.54, 1.807) is 19.9 Å². The molecule has 2 aliphatic rings. The Morgan fingerprint density at radius 3 is 2.45 bits per heavy atom. The molecule has 156 valence electrons. The molecule has 0 bridgehead atoms. The van der Waals surface area contributed by atoms with Gasteiger partial charge in [-0.05, 0) is 18.4 Å². The smallest absolute Gasteiger partial charge is 0.325 e. The molecule has 2 N–H and O–H groups in total. The van der Waals surface area contributed by atoms with Crippen LogP contribution in [0.4, 0.5) is 5.82 Å². The highest BCUT2D eigenvalue weighted by Crippen LogP contribution is 2.57. The summed E-state index contributed by atoms with van der Waals surface area (Å²) in [7, 11) is -3.97. The lowest BCUT2D eigenvalue weighted by Crippen LogP contribution is -2.56. The summed E-state index contributed by atoms with van der Waals surface area (Å²) in [5, 5.41) is 13.9. The second-order valence-corrected chi connectivity index (χ2v) is 9.31. The van der Waals surface area contributed by atoms with E-state index in [1.165, 1.54) is 4.31 Å². The van der Waals surface area contributed by atoms with Crippen LogP contribution in [0.2, 0.25) is 0 Å². The fourth-order valence-electron chi connectivity index (χ4n) is 4.24. The van der Waals surface area contributed by atoms with Crippen molar-refractivity contribution in [3.8, 4) is 0 Å². The number of aliphatic carboxylic acids is 1. The van der Waals surface area contributed by atoms with E-state index in [-0.39, 0.29) is 19.0 Å². The monoisotopic (exact) mass is 420 g/mol. The molecule has 1 aliphatic carbocycles. The summed E-state index contributed by atoms with van der Waals surface area (Å²) in [6.45, 7) is 4.93. The molecular formula is C19H24N4O5S. The second-order valence-electron chi connectivity index (χ2n) is 7.64. The van der Waals surface area contributed by atoms with Crippen molar-refractivity contribution in [2.45, 2.75) is 25.3 Å². The van der Waals surface area contributed by atoms with Crippen LogP contribution in [0.3, 0.4) is 0 Å². The number of benzene rings is 1. The molecule has 4 rings (SSSR count). The largest absolute Gasteiger partial charge is 0.480 e. The lowest BCUT2D eigenvalue weighted by molar-refractivity contribution is -0.140. The van der Waals surface area contributed by atoms with Crippen LogP contribution in [0.15, 0.2) is 40.9 Å². The minimum atomic E-state index is -3.97. The first-order valence-corrected chi connectivity index (χ1v) is 11.0. The quantitative estimate of drug-likeness (QED) is 0.721. The highest BCUT2D eigenvalue weighted by Gasteiger charge is 2.70. The third kappa shape index (κ3) is 3.41. The van der Waals surface area contributed by atoms with Gasteiger partial charge in [0.2, 0.25) is 0 Å². The summed E-state index contributed by atoms with van der Waals surface area (Å²) in [6.07, 6.45) is 0. The van der Waals surface area contributed by atoms with Crippen LogP contribution >= 0.6 is 0 Å². The number of hydrogen-bond donors (Lipinski definition) is 2. The van der Waals surface area contributed by atoms with Crippen LogP contribution in [0, 0.1) is 12.8 Å². The molecule has 9 nitrogen and oxygen atoms in total. The summed E-state index contributed by atoms with van der Waals surface area (Å²) in [4.78, 5) is 14.1. The third-order valence-electron chi connectivity index (χ3n) is 5.93. The summed E-state index contributed by atoms with van der Waals surface area (Å²) in [5.41, 5.74) is -0.711. The fraction of sp³-hybridized carbons (Fsp3) is 0.474. The van der Waals surface area contributed by atoms with E-state index in [0.717, 1.165) is 5.56 Å².